The summed E-state index contributed by atoms with van der Waals surface area (Å²) in [7, 11) is 0. The highest BCUT2D eigenvalue weighted by Gasteiger charge is 2.07. The summed E-state index contributed by atoms with van der Waals surface area (Å²) in [6.07, 6.45) is 0. The number of hydrogen-bond donors (Lipinski definition) is 1. The highest BCUT2D eigenvalue weighted by Crippen LogP contribution is 2.26. The lowest BCUT2D eigenvalue weighted by Crippen LogP contribution is -2.04. The van der Waals surface area contributed by atoms with Crippen LogP contribution in [0.4, 0.5) is 0 Å². The second-order valence-electron chi connectivity index (χ2n) is 7.15. The maximum absolute atomic E-state index is 13.2. The summed E-state index contributed by atoms with van der Waals surface area (Å²) < 4.78 is 0. The van der Waals surface area contributed by atoms with Gasteiger partial charge in [-0.3, -0.25) is 4.79 Å². The highest BCUT2D eigenvalue weighted by atomic mass is 16.1. The molecule has 4 bridgehead atoms. The standard InChI is InChI=1S/C25H15N3O/c29-25-19-9-4-6-16-12-14-22(27-24(16)19)18-8-3-5-15-11-13-21(26-23(15)18)17-7-1-2-10-20(17)28-25/h1-14H,(H,28,29). The predicted molar refractivity (Wildman–Crippen MR) is 119 cm³/mol. The van der Waals surface area contributed by atoms with Crippen molar-refractivity contribution < 1.29 is 0 Å². The molecule has 6 rings (SSSR count). The van der Waals surface area contributed by atoms with Crippen LogP contribution < -0.4 is 5.56 Å². The Balaban J connectivity index is 2.02. The molecule has 0 amide bonds. The van der Waals surface area contributed by atoms with E-state index in [1.165, 1.54) is 0 Å². The second-order valence-corrected chi connectivity index (χ2v) is 7.15. The Hall–Kier alpha value is -4.05. The quantitative estimate of drug-likeness (QED) is 0.383. The number of fused-ring (bicyclic) bond motifs is 5. The zero-order valence-electron chi connectivity index (χ0n) is 15.4. The summed E-state index contributed by atoms with van der Waals surface area (Å²) in [5.41, 5.74) is 3.76. The summed E-state index contributed by atoms with van der Waals surface area (Å²) >= 11 is 0. The summed E-state index contributed by atoms with van der Waals surface area (Å²) in [6.45, 7) is 0. The topological polar surface area (TPSA) is 58.6 Å². The lowest BCUT2D eigenvalue weighted by atomic mass is 10.1. The second kappa shape index (κ2) is 5.97. The number of H-pyrrole nitrogens is 1. The Labute approximate surface area is 165 Å². The molecule has 0 unspecified atom stereocenters. The molecule has 4 heteroatoms. The van der Waals surface area contributed by atoms with Crippen molar-refractivity contribution in [3.05, 3.63) is 95.3 Å². The van der Waals surface area contributed by atoms with Gasteiger partial charge in [-0.1, -0.05) is 60.7 Å². The maximum atomic E-state index is 13.2. The number of nitrogens with zero attached hydrogens (tertiary/aromatic N) is 2. The Morgan fingerprint density at radius 1 is 0.552 bits per heavy atom. The Morgan fingerprint density at radius 2 is 1.14 bits per heavy atom. The van der Waals surface area contributed by atoms with Crippen LogP contribution in [0.15, 0.2) is 89.7 Å². The van der Waals surface area contributed by atoms with Crippen LogP contribution in [0.3, 0.4) is 0 Å². The Bertz CT molecular complexity index is 1680. The summed E-state index contributed by atoms with van der Waals surface area (Å²) in [4.78, 5) is 26.1. The first kappa shape index (κ1) is 16.0. The third-order valence-corrected chi connectivity index (χ3v) is 5.41. The number of aromatic nitrogens is 3. The van der Waals surface area contributed by atoms with Gasteiger partial charge in [-0.15, -0.1) is 0 Å². The zero-order chi connectivity index (χ0) is 19.4. The summed E-state index contributed by atoms with van der Waals surface area (Å²) in [6, 6.07) is 27.6. The van der Waals surface area contributed by atoms with E-state index in [1.54, 1.807) is 0 Å². The van der Waals surface area contributed by atoms with E-state index in [2.05, 4.69) is 17.1 Å². The van der Waals surface area contributed by atoms with E-state index < -0.39 is 0 Å². The van der Waals surface area contributed by atoms with Gasteiger partial charge in [-0.05, 0) is 24.3 Å². The number of hydrogen-bond acceptors (Lipinski definition) is 3. The van der Waals surface area contributed by atoms with Crippen molar-refractivity contribution >= 4 is 54.5 Å². The lowest BCUT2D eigenvalue weighted by Gasteiger charge is -2.05. The SMILES string of the molecule is O=c1[nH]c2ccccc2c2ccc3cccc(c4ccc5cccc1c5n4)c3n2. The number of aromatic amines is 1. The van der Waals surface area contributed by atoms with Crippen LogP contribution in [0.25, 0.3) is 54.5 Å². The summed E-state index contributed by atoms with van der Waals surface area (Å²) in [5.74, 6) is 0. The third-order valence-electron chi connectivity index (χ3n) is 5.41. The molecular formula is C25H15N3O. The monoisotopic (exact) mass is 373 g/mol. The zero-order valence-corrected chi connectivity index (χ0v) is 15.4. The van der Waals surface area contributed by atoms with E-state index in [9.17, 15) is 4.79 Å². The van der Waals surface area contributed by atoms with Crippen molar-refractivity contribution in [1.82, 2.24) is 15.0 Å². The average molecular weight is 373 g/mol. The number of pyridine rings is 2. The van der Waals surface area contributed by atoms with Crippen LogP contribution in [0, 0.1) is 0 Å². The van der Waals surface area contributed by atoms with Crippen LogP contribution in [0.2, 0.25) is 0 Å². The van der Waals surface area contributed by atoms with Crippen LogP contribution >= 0.6 is 0 Å². The van der Waals surface area contributed by atoms with Crippen molar-refractivity contribution in [2.75, 3.05) is 0 Å². The van der Waals surface area contributed by atoms with Gasteiger partial charge in [0, 0.05) is 21.5 Å². The molecule has 0 saturated carbocycles. The molecule has 0 spiro atoms. The molecule has 4 nitrogen and oxygen atoms in total. The van der Waals surface area contributed by atoms with Gasteiger partial charge in [-0.25, -0.2) is 9.97 Å². The minimum atomic E-state index is -0.178. The third kappa shape index (κ3) is 2.43. The fourth-order valence-corrected chi connectivity index (χ4v) is 3.99. The molecule has 3 aromatic heterocycles. The number of para-hydroxylation sites is 3. The fourth-order valence-electron chi connectivity index (χ4n) is 3.99. The van der Waals surface area contributed by atoms with Gasteiger partial charge in [0.05, 0.1) is 33.0 Å². The molecule has 1 N–H and O–H groups in total. The molecule has 0 aliphatic rings. The van der Waals surface area contributed by atoms with Gasteiger partial charge in [0.25, 0.3) is 5.56 Å². The van der Waals surface area contributed by atoms with E-state index in [0.29, 0.717) is 10.9 Å². The van der Waals surface area contributed by atoms with Crippen LogP contribution in [0.1, 0.15) is 0 Å². The van der Waals surface area contributed by atoms with Crippen molar-refractivity contribution in [3.63, 3.8) is 0 Å². The van der Waals surface area contributed by atoms with Crippen LogP contribution in [-0.2, 0) is 0 Å². The van der Waals surface area contributed by atoms with Gasteiger partial charge < -0.3 is 4.98 Å². The minimum Gasteiger partial charge on any atom is -0.321 e. The van der Waals surface area contributed by atoms with Crippen molar-refractivity contribution in [2.45, 2.75) is 0 Å². The van der Waals surface area contributed by atoms with Crippen LogP contribution in [0.5, 0.6) is 0 Å². The molecular weight excluding hydrogens is 358 g/mol. The average Bonchev–Trinajstić information content (AvgIpc) is 2.77. The molecule has 0 radical (unpaired) electrons. The number of nitrogens with one attached hydrogen (secondary N) is 1. The Kier molecular flexibility index (Phi) is 3.29. The Morgan fingerprint density at radius 3 is 1.90 bits per heavy atom. The number of rotatable bonds is 0. The van der Waals surface area contributed by atoms with Crippen LogP contribution in [-0.4, -0.2) is 15.0 Å². The van der Waals surface area contributed by atoms with Gasteiger partial charge in [0.15, 0.2) is 0 Å². The molecule has 0 saturated heterocycles. The molecule has 0 fully saturated rings. The molecule has 6 aromatic rings. The first-order chi connectivity index (χ1) is 14.3. The van der Waals surface area contributed by atoms with Crippen molar-refractivity contribution in [1.29, 1.82) is 0 Å². The fraction of sp³-hybridized carbons (Fsp3) is 0. The van der Waals surface area contributed by atoms with E-state index in [0.717, 1.165) is 43.6 Å². The van der Waals surface area contributed by atoms with Gasteiger partial charge >= 0.3 is 0 Å². The molecule has 29 heavy (non-hydrogen) atoms. The first-order valence-corrected chi connectivity index (χ1v) is 9.49. The van der Waals surface area contributed by atoms with Crippen molar-refractivity contribution in [2.24, 2.45) is 0 Å². The largest absolute Gasteiger partial charge is 0.321 e. The predicted octanol–water partition coefficient (Wildman–Crippen LogP) is 5.49. The van der Waals surface area contributed by atoms with Gasteiger partial charge in [0.2, 0.25) is 0 Å². The highest BCUT2D eigenvalue weighted by molar-refractivity contribution is 6.07. The molecule has 0 aliphatic carbocycles. The first-order valence-electron chi connectivity index (χ1n) is 9.49. The number of benzene rings is 3. The maximum Gasteiger partial charge on any atom is 0.257 e. The molecule has 0 atom stereocenters. The lowest BCUT2D eigenvalue weighted by molar-refractivity contribution is 1.34. The molecule has 0 aliphatic heterocycles. The minimum absolute atomic E-state index is 0.178. The van der Waals surface area contributed by atoms with Gasteiger partial charge in [0.1, 0.15) is 0 Å². The van der Waals surface area contributed by atoms with E-state index in [-0.39, 0.29) is 5.56 Å². The van der Waals surface area contributed by atoms with Crippen molar-refractivity contribution in [3.8, 4) is 0 Å². The normalized spacial score (nSPS) is 11.6. The van der Waals surface area contributed by atoms with E-state index >= 15 is 0 Å². The van der Waals surface area contributed by atoms with E-state index in [4.69, 9.17) is 9.97 Å². The van der Waals surface area contributed by atoms with Gasteiger partial charge in [-0.2, -0.15) is 0 Å². The molecule has 3 heterocycles. The smallest absolute Gasteiger partial charge is 0.257 e. The molecule has 136 valence electrons. The summed E-state index contributed by atoms with van der Waals surface area (Å²) in [5, 5.41) is 4.39. The molecule has 3 aromatic carbocycles. The van der Waals surface area contributed by atoms with E-state index in [1.807, 2.05) is 72.8 Å².